The van der Waals surface area contributed by atoms with Gasteiger partial charge in [-0.05, 0) is 37.5 Å². The van der Waals surface area contributed by atoms with Crippen LogP contribution in [-0.2, 0) is 4.79 Å². The highest BCUT2D eigenvalue weighted by Crippen LogP contribution is 2.35. The minimum atomic E-state index is -0.807. The number of nitrogens with zero attached hydrogens (tertiary/aromatic N) is 2. The van der Waals surface area contributed by atoms with Gasteiger partial charge in [0.05, 0.1) is 5.41 Å². The van der Waals surface area contributed by atoms with Crippen molar-refractivity contribution in [3.63, 3.8) is 0 Å². The van der Waals surface area contributed by atoms with Gasteiger partial charge in [0.15, 0.2) is 0 Å². The minimum Gasteiger partial charge on any atom is -0.481 e. The Bertz CT molecular complexity index is 558. The van der Waals surface area contributed by atoms with Crippen LogP contribution in [0.5, 0.6) is 0 Å². The van der Waals surface area contributed by atoms with E-state index in [1.807, 2.05) is 38.1 Å². The molecule has 1 aliphatic rings. The molecule has 0 radical (unpaired) electrons. The van der Waals surface area contributed by atoms with E-state index in [1.54, 1.807) is 16.8 Å². The van der Waals surface area contributed by atoms with Gasteiger partial charge in [0.2, 0.25) is 0 Å². The second-order valence-electron chi connectivity index (χ2n) is 5.79. The summed E-state index contributed by atoms with van der Waals surface area (Å²) in [5, 5.41) is 9.40. The topological polar surface area (TPSA) is 60.9 Å². The number of aryl methyl sites for hydroxylation is 1. The van der Waals surface area contributed by atoms with Crippen LogP contribution in [0.2, 0.25) is 0 Å². The van der Waals surface area contributed by atoms with Crippen molar-refractivity contribution in [3.8, 4) is 0 Å². The average molecular weight is 290 g/mol. The molecule has 114 valence electrons. The molecular weight excluding hydrogens is 268 g/mol. The molecule has 2 rings (SSSR count). The van der Waals surface area contributed by atoms with E-state index >= 15 is 0 Å². The van der Waals surface area contributed by atoms with E-state index in [0.29, 0.717) is 19.4 Å². The normalized spacial score (nSPS) is 21.4. The molecule has 1 N–H and O–H groups in total. The van der Waals surface area contributed by atoms with Crippen LogP contribution in [0.4, 0.5) is 10.5 Å². The molecule has 1 saturated heterocycles. The summed E-state index contributed by atoms with van der Waals surface area (Å²) in [6, 6.07) is 7.57. The fourth-order valence-electron chi connectivity index (χ4n) is 2.81. The van der Waals surface area contributed by atoms with Crippen LogP contribution in [0.1, 0.15) is 25.3 Å². The van der Waals surface area contributed by atoms with Gasteiger partial charge in [0.1, 0.15) is 0 Å². The predicted molar refractivity (Wildman–Crippen MR) is 81.5 cm³/mol. The number of carboxylic acid groups (broad SMARTS) is 1. The molecule has 21 heavy (non-hydrogen) atoms. The Morgan fingerprint density at radius 2 is 2.14 bits per heavy atom. The molecule has 1 heterocycles. The summed E-state index contributed by atoms with van der Waals surface area (Å²) < 4.78 is 0. The maximum Gasteiger partial charge on any atom is 0.324 e. The first-order chi connectivity index (χ1) is 9.89. The van der Waals surface area contributed by atoms with Gasteiger partial charge < -0.3 is 10.0 Å². The second kappa shape index (κ2) is 5.76. The Labute approximate surface area is 125 Å². The third-order valence-corrected chi connectivity index (χ3v) is 4.43. The molecule has 1 aromatic rings. The summed E-state index contributed by atoms with van der Waals surface area (Å²) in [6.45, 7) is 4.62. The fourth-order valence-corrected chi connectivity index (χ4v) is 2.81. The van der Waals surface area contributed by atoms with Gasteiger partial charge in [-0.25, -0.2) is 4.79 Å². The SMILES string of the molecule is CCC1(C(=O)O)CCN(C(=O)N(C)c2cccc(C)c2)C1. The Balaban J connectivity index is 2.13. The summed E-state index contributed by atoms with van der Waals surface area (Å²) in [5.74, 6) is -0.807. The Hall–Kier alpha value is -2.04. The molecule has 1 aromatic carbocycles. The number of aliphatic carboxylic acids is 1. The molecule has 1 unspecified atom stereocenters. The number of anilines is 1. The number of rotatable bonds is 3. The maximum absolute atomic E-state index is 12.5. The number of amides is 2. The molecule has 1 fully saturated rings. The van der Waals surface area contributed by atoms with Crippen LogP contribution >= 0.6 is 0 Å². The van der Waals surface area contributed by atoms with Gasteiger partial charge in [0, 0.05) is 25.8 Å². The first kappa shape index (κ1) is 15.4. The Kier molecular flexibility index (Phi) is 4.21. The maximum atomic E-state index is 12.5. The van der Waals surface area contributed by atoms with Crippen molar-refractivity contribution < 1.29 is 14.7 Å². The van der Waals surface area contributed by atoms with E-state index in [4.69, 9.17) is 0 Å². The van der Waals surface area contributed by atoms with Crippen molar-refractivity contribution >= 4 is 17.7 Å². The lowest BCUT2D eigenvalue weighted by Gasteiger charge is -2.27. The van der Waals surface area contributed by atoms with Crippen LogP contribution in [0.3, 0.4) is 0 Å². The molecule has 5 nitrogen and oxygen atoms in total. The summed E-state index contributed by atoms with van der Waals surface area (Å²) in [5.41, 5.74) is 1.12. The van der Waals surface area contributed by atoms with Crippen molar-refractivity contribution in [2.24, 2.45) is 5.41 Å². The van der Waals surface area contributed by atoms with Crippen LogP contribution < -0.4 is 4.90 Å². The number of likely N-dealkylation sites (tertiary alicyclic amines) is 1. The highest BCUT2D eigenvalue weighted by Gasteiger charge is 2.45. The van der Waals surface area contributed by atoms with E-state index in [-0.39, 0.29) is 12.6 Å². The number of carboxylic acids is 1. The van der Waals surface area contributed by atoms with Crippen molar-refractivity contribution in [2.45, 2.75) is 26.7 Å². The molecule has 0 spiro atoms. The zero-order valence-corrected chi connectivity index (χ0v) is 12.8. The van der Waals surface area contributed by atoms with Crippen LogP contribution in [0, 0.1) is 12.3 Å². The lowest BCUT2D eigenvalue weighted by molar-refractivity contribution is -0.148. The molecule has 0 bridgehead atoms. The molecule has 0 aromatic heterocycles. The van der Waals surface area contributed by atoms with E-state index < -0.39 is 11.4 Å². The zero-order chi connectivity index (χ0) is 15.6. The summed E-state index contributed by atoms with van der Waals surface area (Å²) in [6.07, 6.45) is 1.06. The van der Waals surface area contributed by atoms with Crippen molar-refractivity contribution in [1.82, 2.24) is 4.90 Å². The van der Waals surface area contributed by atoms with E-state index in [1.165, 1.54) is 0 Å². The third kappa shape index (κ3) is 2.86. The quantitative estimate of drug-likeness (QED) is 0.931. The second-order valence-corrected chi connectivity index (χ2v) is 5.79. The number of carbonyl (C=O) groups is 2. The standard InChI is InChI=1S/C16H22N2O3/c1-4-16(14(19)20)8-9-18(11-16)15(21)17(3)13-7-5-6-12(2)10-13/h5-7,10H,4,8-9,11H2,1-3H3,(H,19,20). The lowest BCUT2D eigenvalue weighted by Crippen LogP contribution is -2.42. The van der Waals surface area contributed by atoms with Crippen LogP contribution in [0.15, 0.2) is 24.3 Å². The predicted octanol–water partition coefficient (Wildman–Crippen LogP) is 2.74. The van der Waals surface area contributed by atoms with E-state index in [0.717, 1.165) is 11.3 Å². The zero-order valence-electron chi connectivity index (χ0n) is 12.8. The summed E-state index contributed by atoms with van der Waals surface area (Å²) >= 11 is 0. The van der Waals surface area contributed by atoms with Crippen molar-refractivity contribution in [1.29, 1.82) is 0 Å². The first-order valence-electron chi connectivity index (χ1n) is 7.22. The van der Waals surface area contributed by atoms with Crippen molar-refractivity contribution in [2.75, 3.05) is 25.0 Å². The number of benzene rings is 1. The first-order valence-corrected chi connectivity index (χ1v) is 7.22. The highest BCUT2D eigenvalue weighted by atomic mass is 16.4. The summed E-state index contributed by atoms with van der Waals surface area (Å²) in [4.78, 5) is 27.2. The molecule has 0 saturated carbocycles. The number of carbonyl (C=O) groups excluding carboxylic acids is 1. The van der Waals surface area contributed by atoms with Crippen LogP contribution in [-0.4, -0.2) is 42.1 Å². The van der Waals surface area contributed by atoms with Crippen LogP contribution in [0.25, 0.3) is 0 Å². The smallest absolute Gasteiger partial charge is 0.324 e. The Morgan fingerprint density at radius 1 is 1.43 bits per heavy atom. The lowest BCUT2D eigenvalue weighted by atomic mass is 9.84. The van der Waals surface area contributed by atoms with Gasteiger partial charge in [-0.3, -0.25) is 9.69 Å². The third-order valence-electron chi connectivity index (χ3n) is 4.43. The highest BCUT2D eigenvalue weighted by molar-refractivity contribution is 5.92. The number of hydrogen-bond donors (Lipinski definition) is 1. The fraction of sp³-hybridized carbons (Fsp3) is 0.500. The molecule has 0 aliphatic carbocycles. The minimum absolute atomic E-state index is 0.142. The summed E-state index contributed by atoms with van der Waals surface area (Å²) in [7, 11) is 1.73. The number of hydrogen-bond acceptors (Lipinski definition) is 2. The van der Waals surface area contributed by atoms with Crippen molar-refractivity contribution in [3.05, 3.63) is 29.8 Å². The van der Waals surface area contributed by atoms with E-state index in [9.17, 15) is 14.7 Å². The van der Waals surface area contributed by atoms with Gasteiger partial charge >= 0.3 is 12.0 Å². The molecule has 2 amide bonds. The largest absolute Gasteiger partial charge is 0.481 e. The molecular formula is C16H22N2O3. The average Bonchev–Trinajstić information content (AvgIpc) is 2.91. The van der Waals surface area contributed by atoms with Gasteiger partial charge in [-0.2, -0.15) is 0 Å². The number of urea groups is 1. The molecule has 1 aliphatic heterocycles. The molecule has 5 heteroatoms. The Morgan fingerprint density at radius 3 is 2.67 bits per heavy atom. The van der Waals surface area contributed by atoms with Gasteiger partial charge in [-0.1, -0.05) is 19.1 Å². The van der Waals surface area contributed by atoms with Gasteiger partial charge in [-0.15, -0.1) is 0 Å². The molecule has 1 atom stereocenters. The van der Waals surface area contributed by atoms with E-state index in [2.05, 4.69) is 0 Å². The van der Waals surface area contributed by atoms with Gasteiger partial charge in [0.25, 0.3) is 0 Å². The monoisotopic (exact) mass is 290 g/mol.